The van der Waals surface area contributed by atoms with Crippen LogP contribution >= 0.6 is 0 Å². The van der Waals surface area contributed by atoms with E-state index in [2.05, 4.69) is 4.98 Å². The maximum Gasteiger partial charge on any atom is 0.381 e. The molecule has 2 rings (SSSR count). The largest absolute Gasteiger partial charge is 0.391 e. The molecule has 1 aromatic heterocycles. The van der Waals surface area contributed by atoms with Crippen LogP contribution in [0.15, 0.2) is 12.5 Å². The number of aliphatic hydroxyl groups is 1. The molecule has 17 heavy (non-hydrogen) atoms. The van der Waals surface area contributed by atoms with Gasteiger partial charge in [-0.2, -0.15) is 0 Å². The second-order valence-electron chi connectivity index (χ2n) is 4.73. The average Bonchev–Trinajstić information content (AvgIpc) is 2.88. The molecule has 94 valence electrons. The molecule has 1 saturated carbocycles. The van der Waals surface area contributed by atoms with Gasteiger partial charge in [0.2, 0.25) is 6.33 Å². The molecule has 1 aliphatic rings. The van der Waals surface area contributed by atoms with Gasteiger partial charge in [-0.25, -0.2) is 0 Å². The first kappa shape index (κ1) is 12.0. The third-order valence-electron chi connectivity index (χ3n) is 3.31. The second-order valence-corrected chi connectivity index (χ2v) is 4.73. The third-order valence-corrected chi connectivity index (χ3v) is 3.31. The van der Waals surface area contributed by atoms with E-state index in [1.165, 1.54) is 38.2 Å². The highest BCUT2D eigenvalue weighted by atomic mass is 16.6. The topological polar surface area (TPSA) is 81.2 Å². The second kappa shape index (κ2) is 5.27. The van der Waals surface area contributed by atoms with Gasteiger partial charge in [0.15, 0.2) is 0 Å². The van der Waals surface area contributed by atoms with Gasteiger partial charge in [-0.1, -0.05) is 25.7 Å². The van der Waals surface area contributed by atoms with E-state index < -0.39 is 11.0 Å². The molecule has 0 aromatic carbocycles. The number of nitro groups is 1. The molecule has 1 unspecified atom stereocenters. The Kier molecular flexibility index (Phi) is 3.73. The van der Waals surface area contributed by atoms with E-state index in [1.807, 2.05) is 0 Å². The number of hydrogen-bond donors (Lipinski definition) is 1. The highest BCUT2D eigenvalue weighted by molar-refractivity contribution is 5.12. The Morgan fingerprint density at radius 2 is 2.29 bits per heavy atom. The lowest BCUT2D eigenvalue weighted by atomic mass is 10.0. The number of nitrogens with zero attached hydrogens (tertiary/aromatic N) is 3. The van der Waals surface area contributed by atoms with Gasteiger partial charge < -0.3 is 19.8 Å². The highest BCUT2D eigenvalue weighted by Gasteiger charge is 2.20. The van der Waals surface area contributed by atoms with E-state index in [0.29, 0.717) is 12.5 Å². The molecule has 1 aromatic rings. The first-order valence-electron chi connectivity index (χ1n) is 5.99. The van der Waals surface area contributed by atoms with E-state index in [0.717, 1.165) is 6.42 Å². The predicted octanol–water partition coefficient (Wildman–Crippen LogP) is 1.73. The zero-order valence-corrected chi connectivity index (χ0v) is 9.66. The Bertz CT molecular complexity index is 385. The zero-order chi connectivity index (χ0) is 12.3. The van der Waals surface area contributed by atoms with E-state index >= 15 is 0 Å². The maximum absolute atomic E-state index is 10.4. The monoisotopic (exact) mass is 239 g/mol. The SMILES string of the molecule is O=[N+]([O-])c1cn(CC(O)CC2CCCC2)cn1. The lowest BCUT2D eigenvalue weighted by Gasteiger charge is -2.14. The number of rotatable bonds is 5. The number of imidazole rings is 1. The van der Waals surface area contributed by atoms with Gasteiger partial charge in [0.25, 0.3) is 0 Å². The summed E-state index contributed by atoms with van der Waals surface area (Å²) in [6.45, 7) is 0.386. The molecule has 0 radical (unpaired) electrons. The lowest BCUT2D eigenvalue weighted by molar-refractivity contribution is -0.389. The smallest absolute Gasteiger partial charge is 0.381 e. The standard InChI is InChI=1S/C11H17N3O3/c15-10(5-9-3-1-2-4-9)6-13-7-11(12-8-13)14(16)17/h7-10,15H,1-6H2. The zero-order valence-electron chi connectivity index (χ0n) is 9.66. The van der Waals surface area contributed by atoms with Gasteiger partial charge in [0, 0.05) is 0 Å². The fraction of sp³-hybridized carbons (Fsp3) is 0.727. The molecule has 1 N–H and O–H groups in total. The minimum atomic E-state index is -0.528. The van der Waals surface area contributed by atoms with Crippen molar-refractivity contribution in [2.24, 2.45) is 5.92 Å². The van der Waals surface area contributed by atoms with Crippen LogP contribution < -0.4 is 0 Å². The summed E-state index contributed by atoms with van der Waals surface area (Å²) in [7, 11) is 0. The molecule has 0 spiro atoms. The van der Waals surface area contributed by atoms with E-state index in [4.69, 9.17) is 0 Å². The first-order valence-corrected chi connectivity index (χ1v) is 5.99. The molecule has 0 bridgehead atoms. The van der Waals surface area contributed by atoms with Crippen molar-refractivity contribution in [3.05, 3.63) is 22.6 Å². The number of aliphatic hydroxyl groups excluding tert-OH is 1. The average molecular weight is 239 g/mol. The molecular formula is C11H17N3O3. The Hall–Kier alpha value is -1.43. The Morgan fingerprint density at radius 1 is 1.59 bits per heavy atom. The summed E-state index contributed by atoms with van der Waals surface area (Å²) in [5.41, 5.74) is 0. The van der Waals surface area contributed by atoms with Gasteiger partial charge in [-0.05, 0) is 22.2 Å². The number of hydrogen-bond acceptors (Lipinski definition) is 4. The van der Waals surface area contributed by atoms with Crippen molar-refractivity contribution in [3.8, 4) is 0 Å². The molecule has 0 amide bonds. The fourth-order valence-corrected chi connectivity index (χ4v) is 2.49. The van der Waals surface area contributed by atoms with Gasteiger partial charge in [-0.3, -0.25) is 0 Å². The quantitative estimate of drug-likeness (QED) is 0.626. The summed E-state index contributed by atoms with van der Waals surface area (Å²) < 4.78 is 1.58. The van der Waals surface area contributed by atoms with E-state index in [1.54, 1.807) is 4.57 Å². The molecule has 6 heteroatoms. The third kappa shape index (κ3) is 3.26. The summed E-state index contributed by atoms with van der Waals surface area (Å²) in [6, 6.07) is 0. The molecule has 1 heterocycles. The van der Waals surface area contributed by atoms with Crippen LogP contribution in [0.3, 0.4) is 0 Å². The van der Waals surface area contributed by atoms with Gasteiger partial charge in [0.1, 0.15) is 6.20 Å². The van der Waals surface area contributed by atoms with E-state index in [-0.39, 0.29) is 5.82 Å². The predicted molar refractivity (Wildman–Crippen MR) is 61.5 cm³/mol. The summed E-state index contributed by atoms with van der Waals surface area (Å²) in [5.74, 6) is 0.446. The molecule has 1 atom stereocenters. The Morgan fingerprint density at radius 3 is 2.88 bits per heavy atom. The summed E-state index contributed by atoms with van der Waals surface area (Å²) in [5, 5.41) is 20.3. The lowest BCUT2D eigenvalue weighted by Crippen LogP contribution is -2.18. The van der Waals surface area contributed by atoms with Crippen LogP contribution in [0.25, 0.3) is 0 Å². The Balaban J connectivity index is 1.84. The van der Waals surface area contributed by atoms with Crippen molar-refractivity contribution >= 4 is 5.82 Å². The minimum Gasteiger partial charge on any atom is -0.391 e. The van der Waals surface area contributed by atoms with Crippen LogP contribution in [0.5, 0.6) is 0 Å². The maximum atomic E-state index is 10.4. The van der Waals surface area contributed by atoms with Crippen molar-refractivity contribution in [1.29, 1.82) is 0 Å². The van der Waals surface area contributed by atoms with Crippen molar-refractivity contribution in [1.82, 2.24) is 9.55 Å². The summed E-state index contributed by atoms with van der Waals surface area (Å²) in [6.07, 6.45) is 8.01. The van der Waals surface area contributed by atoms with Crippen molar-refractivity contribution in [2.45, 2.75) is 44.8 Å². The number of aromatic nitrogens is 2. The van der Waals surface area contributed by atoms with Crippen LogP contribution in [0.2, 0.25) is 0 Å². The van der Waals surface area contributed by atoms with E-state index in [9.17, 15) is 15.2 Å². The first-order chi connectivity index (χ1) is 8.15. The van der Waals surface area contributed by atoms with Gasteiger partial charge in [0.05, 0.1) is 12.6 Å². The van der Waals surface area contributed by atoms with Crippen molar-refractivity contribution < 1.29 is 10.0 Å². The summed E-state index contributed by atoms with van der Waals surface area (Å²) in [4.78, 5) is 13.6. The van der Waals surface area contributed by atoms with Crippen LogP contribution in [0.1, 0.15) is 32.1 Å². The summed E-state index contributed by atoms with van der Waals surface area (Å²) >= 11 is 0. The molecule has 1 fully saturated rings. The normalized spacial score (nSPS) is 18.4. The molecular weight excluding hydrogens is 222 g/mol. The van der Waals surface area contributed by atoms with Crippen LogP contribution in [0.4, 0.5) is 5.82 Å². The van der Waals surface area contributed by atoms with Crippen molar-refractivity contribution in [3.63, 3.8) is 0 Å². The van der Waals surface area contributed by atoms with Crippen LogP contribution in [0, 0.1) is 16.0 Å². The molecule has 1 aliphatic carbocycles. The Labute approximate surface area is 99.4 Å². The van der Waals surface area contributed by atoms with Crippen LogP contribution in [-0.2, 0) is 6.54 Å². The molecule has 0 saturated heterocycles. The van der Waals surface area contributed by atoms with Gasteiger partial charge >= 0.3 is 5.82 Å². The fourth-order valence-electron chi connectivity index (χ4n) is 2.49. The molecule has 6 nitrogen and oxygen atoms in total. The van der Waals surface area contributed by atoms with Crippen LogP contribution in [-0.4, -0.2) is 25.7 Å². The molecule has 0 aliphatic heterocycles. The van der Waals surface area contributed by atoms with Gasteiger partial charge in [-0.15, -0.1) is 0 Å². The minimum absolute atomic E-state index is 0.168. The highest BCUT2D eigenvalue weighted by Crippen LogP contribution is 2.28. The van der Waals surface area contributed by atoms with Crippen molar-refractivity contribution in [2.75, 3.05) is 0 Å².